The van der Waals surface area contributed by atoms with Crippen molar-refractivity contribution >= 4 is 38.1 Å². The van der Waals surface area contributed by atoms with E-state index in [9.17, 15) is 22.0 Å². The van der Waals surface area contributed by atoms with Crippen LogP contribution in [0.3, 0.4) is 0 Å². The van der Waals surface area contributed by atoms with E-state index in [1.54, 1.807) is 29.6 Å². The van der Waals surface area contributed by atoms with Crippen molar-refractivity contribution in [3.8, 4) is 11.3 Å². The van der Waals surface area contributed by atoms with E-state index in [1.807, 2.05) is 0 Å². The summed E-state index contributed by atoms with van der Waals surface area (Å²) in [7, 11) is -1.91. The molecule has 0 aliphatic rings. The summed E-state index contributed by atoms with van der Waals surface area (Å²) in [5.74, 6) is -2.35. The fraction of sp³-hybridized carbons (Fsp3) is 0.111. The van der Waals surface area contributed by atoms with Crippen LogP contribution < -0.4 is 9.62 Å². The number of hydrogen-bond acceptors (Lipinski definition) is 5. The van der Waals surface area contributed by atoms with Gasteiger partial charge in [-0.25, -0.2) is 22.2 Å². The number of carbonyl (C=O) groups is 1. The van der Waals surface area contributed by atoms with Gasteiger partial charge in [-0.2, -0.15) is 0 Å². The summed E-state index contributed by atoms with van der Waals surface area (Å²) in [5, 5.41) is 4.35. The van der Waals surface area contributed by atoms with Crippen LogP contribution in [0, 0.1) is 11.6 Å². The first-order chi connectivity index (χ1) is 13.1. The van der Waals surface area contributed by atoms with E-state index < -0.39 is 33.1 Å². The molecule has 0 radical (unpaired) electrons. The number of nitrogens with one attached hydrogen (secondary N) is 1. The maximum atomic E-state index is 13.7. The Morgan fingerprint density at radius 1 is 1.14 bits per heavy atom. The lowest BCUT2D eigenvalue weighted by atomic mass is 10.1. The predicted molar refractivity (Wildman–Crippen MR) is 105 cm³/mol. The number of aromatic nitrogens is 1. The van der Waals surface area contributed by atoms with Gasteiger partial charge in [0.25, 0.3) is 5.91 Å². The number of thiazole rings is 1. The standard InChI is InChI=1S/C18H15F2N3O3S2/c1-23(28(2,25)26)13-6-3-11(4-7-13)16-10-27-18(21-16)22-17(24)14-9-12(19)5-8-15(14)20/h3-10H,1-2H3,(H,21,22,24). The highest BCUT2D eigenvalue weighted by molar-refractivity contribution is 7.92. The number of carbonyl (C=O) groups excluding carboxylic acids is 1. The molecule has 6 nitrogen and oxygen atoms in total. The molecule has 1 aromatic heterocycles. The Bertz CT molecular complexity index is 1130. The molecule has 1 heterocycles. The van der Waals surface area contributed by atoms with Gasteiger partial charge in [-0.15, -0.1) is 11.3 Å². The van der Waals surface area contributed by atoms with Crippen LogP contribution >= 0.6 is 11.3 Å². The Morgan fingerprint density at radius 2 is 1.82 bits per heavy atom. The van der Waals surface area contributed by atoms with Crippen LogP contribution in [-0.2, 0) is 10.0 Å². The first kappa shape index (κ1) is 19.9. The first-order valence-corrected chi connectivity index (χ1v) is 10.6. The maximum absolute atomic E-state index is 13.7. The van der Waals surface area contributed by atoms with Gasteiger partial charge in [-0.3, -0.25) is 14.4 Å². The molecule has 3 rings (SSSR count). The van der Waals surface area contributed by atoms with Crippen molar-refractivity contribution in [2.24, 2.45) is 0 Å². The molecule has 10 heteroatoms. The third-order valence-corrected chi connectivity index (χ3v) is 5.89. The number of benzene rings is 2. The normalized spacial score (nSPS) is 11.3. The van der Waals surface area contributed by atoms with Gasteiger partial charge in [0.05, 0.1) is 23.2 Å². The average Bonchev–Trinajstić information content (AvgIpc) is 3.11. The molecule has 0 saturated carbocycles. The SMILES string of the molecule is CN(c1ccc(-c2csc(NC(=O)c3cc(F)ccc3F)n2)cc1)S(C)(=O)=O. The number of halogens is 2. The van der Waals surface area contributed by atoms with Gasteiger partial charge >= 0.3 is 0 Å². The van der Waals surface area contributed by atoms with Gasteiger partial charge in [0.2, 0.25) is 10.0 Å². The average molecular weight is 423 g/mol. The number of hydrogen-bond donors (Lipinski definition) is 1. The van der Waals surface area contributed by atoms with Gasteiger partial charge in [-0.1, -0.05) is 12.1 Å². The summed E-state index contributed by atoms with van der Waals surface area (Å²) in [4.78, 5) is 16.4. The molecule has 28 heavy (non-hydrogen) atoms. The van der Waals surface area contributed by atoms with E-state index in [2.05, 4.69) is 10.3 Å². The van der Waals surface area contributed by atoms with Crippen molar-refractivity contribution in [1.29, 1.82) is 0 Å². The highest BCUT2D eigenvalue weighted by Crippen LogP contribution is 2.27. The topological polar surface area (TPSA) is 79.4 Å². The van der Waals surface area contributed by atoms with Crippen molar-refractivity contribution in [3.63, 3.8) is 0 Å². The fourth-order valence-electron chi connectivity index (χ4n) is 2.33. The minimum absolute atomic E-state index is 0.223. The van der Waals surface area contributed by atoms with Crippen molar-refractivity contribution in [2.45, 2.75) is 0 Å². The second-order valence-corrected chi connectivity index (χ2v) is 8.77. The number of sulfonamides is 1. The Morgan fingerprint density at radius 3 is 2.46 bits per heavy atom. The van der Waals surface area contributed by atoms with Gasteiger partial charge in [-0.05, 0) is 30.3 Å². The molecular weight excluding hydrogens is 408 g/mol. The van der Waals surface area contributed by atoms with E-state index in [1.165, 1.54) is 7.05 Å². The molecule has 0 spiro atoms. The van der Waals surface area contributed by atoms with E-state index >= 15 is 0 Å². The largest absolute Gasteiger partial charge is 0.298 e. The highest BCUT2D eigenvalue weighted by atomic mass is 32.2. The summed E-state index contributed by atoms with van der Waals surface area (Å²) < 4.78 is 51.2. The van der Waals surface area contributed by atoms with Crippen molar-refractivity contribution in [1.82, 2.24) is 4.98 Å². The summed E-state index contributed by atoms with van der Waals surface area (Å²) >= 11 is 1.13. The summed E-state index contributed by atoms with van der Waals surface area (Å²) in [6.45, 7) is 0. The van der Waals surface area contributed by atoms with E-state index in [4.69, 9.17) is 0 Å². The molecule has 0 bridgehead atoms. The molecule has 1 N–H and O–H groups in total. The third-order valence-electron chi connectivity index (χ3n) is 3.92. The quantitative estimate of drug-likeness (QED) is 0.678. The van der Waals surface area contributed by atoms with Gasteiger partial charge in [0.1, 0.15) is 11.6 Å². The van der Waals surface area contributed by atoms with Gasteiger partial charge in [0.15, 0.2) is 5.13 Å². The van der Waals surface area contributed by atoms with Crippen LogP contribution in [0.15, 0.2) is 47.8 Å². The van der Waals surface area contributed by atoms with Crippen molar-refractivity contribution in [3.05, 3.63) is 65.0 Å². The first-order valence-electron chi connectivity index (χ1n) is 7.91. The molecule has 0 unspecified atom stereocenters. The molecular formula is C18H15F2N3O3S2. The summed E-state index contributed by atoms with van der Waals surface area (Å²) in [5.41, 5.74) is 1.34. The molecule has 0 saturated heterocycles. The number of anilines is 2. The lowest BCUT2D eigenvalue weighted by Crippen LogP contribution is -2.24. The molecule has 2 aromatic carbocycles. The van der Waals surface area contributed by atoms with Crippen molar-refractivity contribution in [2.75, 3.05) is 22.9 Å². The molecule has 1 amide bonds. The van der Waals surface area contributed by atoms with Gasteiger partial charge in [0, 0.05) is 18.0 Å². The second-order valence-electron chi connectivity index (χ2n) is 5.89. The predicted octanol–water partition coefficient (Wildman–Crippen LogP) is 3.74. The van der Waals surface area contributed by atoms with E-state index in [0.717, 1.165) is 40.1 Å². The third kappa shape index (κ3) is 4.34. The molecule has 0 aliphatic carbocycles. The minimum Gasteiger partial charge on any atom is -0.298 e. The maximum Gasteiger partial charge on any atom is 0.260 e. The van der Waals surface area contributed by atoms with Crippen LogP contribution in [0.4, 0.5) is 19.6 Å². The van der Waals surface area contributed by atoms with Crippen molar-refractivity contribution < 1.29 is 22.0 Å². The summed E-state index contributed by atoms with van der Waals surface area (Å²) in [6.07, 6.45) is 1.11. The molecule has 0 aliphatic heterocycles. The monoisotopic (exact) mass is 423 g/mol. The Kier molecular flexibility index (Phi) is 5.43. The van der Waals surface area contributed by atoms with E-state index in [0.29, 0.717) is 16.9 Å². The zero-order chi connectivity index (χ0) is 20.5. The Hall–Kier alpha value is -2.85. The van der Waals surface area contributed by atoms with E-state index in [-0.39, 0.29) is 5.13 Å². The van der Waals surface area contributed by atoms with Crippen LogP contribution in [-0.4, -0.2) is 32.6 Å². The number of rotatable bonds is 5. The lowest BCUT2D eigenvalue weighted by molar-refractivity contribution is 0.102. The second kappa shape index (κ2) is 7.64. The highest BCUT2D eigenvalue weighted by Gasteiger charge is 2.16. The van der Waals surface area contributed by atoms with Gasteiger partial charge < -0.3 is 0 Å². The molecule has 3 aromatic rings. The Balaban J connectivity index is 1.77. The molecule has 0 fully saturated rings. The molecule has 146 valence electrons. The minimum atomic E-state index is -3.36. The van der Waals surface area contributed by atoms with Crippen LogP contribution in [0.25, 0.3) is 11.3 Å². The summed E-state index contributed by atoms with van der Waals surface area (Å²) in [6, 6.07) is 9.29. The number of nitrogens with zero attached hydrogens (tertiary/aromatic N) is 2. The van der Waals surface area contributed by atoms with Crippen LogP contribution in [0.1, 0.15) is 10.4 Å². The smallest absolute Gasteiger partial charge is 0.260 e. The van der Waals surface area contributed by atoms with Crippen LogP contribution in [0.5, 0.6) is 0 Å². The number of amides is 1. The fourth-order valence-corrected chi connectivity index (χ4v) is 3.55. The Labute approximate surface area is 164 Å². The molecule has 0 atom stereocenters. The van der Waals surface area contributed by atoms with Crippen LogP contribution in [0.2, 0.25) is 0 Å². The lowest BCUT2D eigenvalue weighted by Gasteiger charge is -2.16. The zero-order valence-electron chi connectivity index (χ0n) is 14.8. The zero-order valence-corrected chi connectivity index (χ0v) is 16.4.